The van der Waals surface area contributed by atoms with Gasteiger partial charge in [0.2, 0.25) is 0 Å². The first kappa shape index (κ1) is 21.9. The molecule has 1 aliphatic rings. The van der Waals surface area contributed by atoms with E-state index in [4.69, 9.17) is 57.5 Å². The highest BCUT2D eigenvalue weighted by molar-refractivity contribution is 7.80. The van der Waals surface area contributed by atoms with Crippen molar-refractivity contribution in [3.05, 3.63) is 68.7 Å². The minimum absolute atomic E-state index is 0.269. The quantitative estimate of drug-likeness (QED) is 0.286. The number of nitrogens with two attached hydrogens (primary N) is 2. The molecule has 144 valence electrons. The summed E-state index contributed by atoms with van der Waals surface area (Å²) in [4.78, 5) is 3.84. The molecule has 2 aromatic carbocycles. The minimum Gasteiger partial charge on any atom is -0.390 e. The molecule has 2 atom stereocenters. The van der Waals surface area contributed by atoms with Crippen molar-refractivity contribution >= 4 is 58.5 Å². The molecule has 1 heterocycles. The zero-order valence-corrected chi connectivity index (χ0v) is 17.5. The van der Waals surface area contributed by atoms with Gasteiger partial charge in [0.15, 0.2) is 5.11 Å². The molecule has 0 bridgehead atoms. The van der Waals surface area contributed by atoms with Crippen LogP contribution in [0, 0.1) is 0 Å². The van der Waals surface area contributed by atoms with E-state index < -0.39 is 5.60 Å². The fourth-order valence-electron chi connectivity index (χ4n) is 2.76. The Morgan fingerprint density at radius 1 is 1.22 bits per heavy atom. The van der Waals surface area contributed by atoms with Gasteiger partial charge in [-0.25, -0.2) is 4.99 Å². The number of hydrogen-bond donors (Lipinski definition) is 3. The normalized spacial score (nSPS) is 20.7. The second-order valence-electron chi connectivity index (χ2n) is 5.47. The molecule has 1 aliphatic heterocycles. The zero-order valence-electron chi connectivity index (χ0n) is 14.5. The lowest BCUT2D eigenvalue weighted by Crippen LogP contribution is -2.32. The van der Waals surface area contributed by atoms with Crippen LogP contribution in [-0.2, 0) is 10.3 Å². The van der Waals surface area contributed by atoms with E-state index in [0.717, 1.165) is 17.5 Å². The van der Waals surface area contributed by atoms with Crippen molar-refractivity contribution in [2.75, 3.05) is 13.6 Å². The Kier molecular flexibility index (Phi) is 7.85. The number of benzene rings is 2. The number of nitrogens with one attached hydrogen (secondary N) is 1. The summed E-state index contributed by atoms with van der Waals surface area (Å²) in [6, 6.07) is 12.8. The molecule has 0 aromatic heterocycles. The highest BCUT2D eigenvalue weighted by Crippen LogP contribution is 2.59. The number of epoxide rings is 1. The zero-order chi connectivity index (χ0) is 20.0. The molecule has 5 N–H and O–H groups in total. The van der Waals surface area contributed by atoms with Crippen LogP contribution in [0.1, 0.15) is 17.2 Å². The first-order valence-electron chi connectivity index (χ1n) is 7.95. The van der Waals surface area contributed by atoms with Gasteiger partial charge in [-0.3, -0.25) is 0 Å². The monoisotopic (exact) mass is 444 g/mol. The van der Waals surface area contributed by atoms with Crippen LogP contribution in [0.25, 0.3) is 0 Å². The number of halogens is 3. The molecule has 0 amide bonds. The van der Waals surface area contributed by atoms with E-state index in [0.29, 0.717) is 21.6 Å². The summed E-state index contributed by atoms with van der Waals surface area (Å²) < 4.78 is 6.09. The van der Waals surface area contributed by atoms with Gasteiger partial charge in [0.05, 0.1) is 12.9 Å². The molecule has 2 aromatic rings. The molecule has 1 saturated heterocycles. The van der Waals surface area contributed by atoms with Gasteiger partial charge in [0, 0.05) is 26.2 Å². The molecule has 1 fully saturated rings. The molecule has 1 unspecified atom stereocenters. The topological polar surface area (TPSA) is 89.0 Å². The summed E-state index contributed by atoms with van der Waals surface area (Å²) >= 11 is 23.8. The number of rotatable bonds is 4. The second kappa shape index (κ2) is 9.68. The van der Waals surface area contributed by atoms with Gasteiger partial charge in [-0.2, -0.15) is 0 Å². The van der Waals surface area contributed by atoms with Gasteiger partial charge in [0.1, 0.15) is 11.7 Å². The van der Waals surface area contributed by atoms with Crippen LogP contribution in [0.15, 0.2) is 47.5 Å². The van der Waals surface area contributed by atoms with Gasteiger partial charge in [-0.15, -0.1) is 0 Å². The van der Waals surface area contributed by atoms with Crippen LogP contribution in [-0.4, -0.2) is 25.0 Å². The number of nitrogens with zero attached hydrogens (tertiary/aromatic N) is 1. The van der Waals surface area contributed by atoms with Gasteiger partial charge < -0.3 is 21.5 Å². The van der Waals surface area contributed by atoms with Crippen molar-refractivity contribution in [1.82, 2.24) is 5.32 Å². The average Bonchev–Trinajstić information content (AvgIpc) is 3.37. The molecule has 0 radical (unpaired) electrons. The van der Waals surface area contributed by atoms with Crippen LogP contribution in [0.2, 0.25) is 15.1 Å². The molecule has 9 heteroatoms. The first-order chi connectivity index (χ1) is 13.0. The average molecular weight is 446 g/mol. The lowest BCUT2D eigenvalue weighted by molar-refractivity contribution is 0.296. The van der Waals surface area contributed by atoms with Crippen LogP contribution in [0.4, 0.5) is 0 Å². The number of aliphatic imine (C=N–C) groups is 1. The van der Waals surface area contributed by atoms with E-state index in [1.807, 2.05) is 30.3 Å². The molecule has 0 aliphatic carbocycles. The Balaban J connectivity index is 0.00000126. The van der Waals surface area contributed by atoms with E-state index in [1.54, 1.807) is 12.1 Å². The number of hydrogen-bond acceptors (Lipinski definition) is 3. The Bertz CT molecular complexity index is 849. The summed E-state index contributed by atoms with van der Waals surface area (Å²) in [5.74, 6) is 0. The smallest absolute Gasteiger partial charge is 0.194 e. The summed E-state index contributed by atoms with van der Waals surface area (Å²) in [6.45, 7) is 0.372. The van der Waals surface area contributed by atoms with E-state index >= 15 is 0 Å². The molecule has 0 spiro atoms. The number of thiocarbonyl (C=S) groups is 1. The summed E-state index contributed by atoms with van der Waals surface area (Å²) in [5, 5.41) is 5.01. The maximum Gasteiger partial charge on any atom is 0.194 e. The molecule has 5 nitrogen and oxygen atoms in total. The summed E-state index contributed by atoms with van der Waals surface area (Å²) in [7, 11) is 1.50. The van der Waals surface area contributed by atoms with Crippen molar-refractivity contribution in [3.8, 4) is 0 Å². The van der Waals surface area contributed by atoms with Gasteiger partial charge in [-0.05, 0) is 37.5 Å². The maximum atomic E-state index is 6.40. The van der Waals surface area contributed by atoms with Gasteiger partial charge in [0.25, 0.3) is 0 Å². The summed E-state index contributed by atoms with van der Waals surface area (Å²) in [5.41, 5.74) is 10.7. The maximum absolute atomic E-state index is 6.40. The number of ether oxygens (including phenoxy) is 1. The van der Waals surface area contributed by atoms with Crippen LogP contribution in [0.3, 0.4) is 0 Å². The molecule has 0 saturated carbocycles. The standard InChI is InChI=1S/C17H14Cl3N3OS.CH5N/c18-10-5-6-11(14(20)7-10)15-17(24-15,8-22-16(25)23-9-21)12-3-1-2-4-13(12)19;1-2/h1-7,9,15H,8H2,(H3,21,22,23,25);2H2,1H3/t15?,17-;/m1./s1. The van der Waals surface area contributed by atoms with Crippen LogP contribution in [0.5, 0.6) is 0 Å². The minimum atomic E-state index is -0.704. The van der Waals surface area contributed by atoms with Crippen molar-refractivity contribution in [1.29, 1.82) is 0 Å². The van der Waals surface area contributed by atoms with E-state index in [2.05, 4.69) is 16.0 Å². The van der Waals surface area contributed by atoms with Crippen molar-refractivity contribution < 1.29 is 4.74 Å². The van der Waals surface area contributed by atoms with Crippen molar-refractivity contribution in [3.63, 3.8) is 0 Å². The van der Waals surface area contributed by atoms with E-state index in [9.17, 15) is 0 Å². The Morgan fingerprint density at radius 3 is 2.56 bits per heavy atom. The first-order valence-corrected chi connectivity index (χ1v) is 9.50. The fourth-order valence-corrected chi connectivity index (χ4v) is 3.70. The van der Waals surface area contributed by atoms with Gasteiger partial charge >= 0.3 is 0 Å². The molecular formula is C18H19Cl3N4OS. The largest absolute Gasteiger partial charge is 0.390 e. The van der Waals surface area contributed by atoms with E-state index in [1.165, 1.54) is 7.05 Å². The lowest BCUT2D eigenvalue weighted by atomic mass is 9.91. The predicted octanol–water partition coefficient (Wildman–Crippen LogP) is 4.05. The second-order valence-corrected chi connectivity index (χ2v) is 7.11. The van der Waals surface area contributed by atoms with Crippen LogP contribution >= 0.6 is 47.0 Å². The third kappa shape index (κ3) is 4.90. The Hall–Kier alpha value is -1.41. The SMILES string of the molecule is CN.N/C=N\C(=S)NC[C@]1(c2ccccc2Cl)OC1c1ccc(Cl)cc1Cl. The lowest BCUT2D eigenvalue weighted by Gasteiger charge is -2.16. The Labute approximate surface area is 178 Å². The van der Waals surface area contributed by atoms with E-state index in [-0.39, 0.29) is 11.2 Å². The van der Waals surface area contributed by atoms with Gasteiger partial charge in [-0.1, -0.05) is 59.1 Å². The molecular weight excluding hydrogens is 427 g/mol. The van der Waals surface area contributed by atoms with Crippen molar-refractivity contribution in [2.24, 2.45) is 16.5 Å². The highest BCUT2D eigenvalue weighted by Gasteiger charge is 2.59. The third-order valence-electron chi connectivity index (χ3n) is 3.96. The molecule has 3 rings (SSSR count). The van der Waals surface area contributed by atoms with Crippen molar-refractivity contribution in [2.45, 2.75) is 11.7 Å². The highest BCUT2D eigenvalue weighted by atomic mass is 35.5. The molecule has 27 heavy (non-hydrogen) atoms. The fraction of sp³-hybridized carbons (Fsp3) is 0.222. The third-order valence-corrected chi connectivity index (χ3v) is 5.10. The predicted molar refractivity (Wildman–Crippen MR) is 117 cm³/mol. The Morgan fingerprint density at radius 2 is 1.93 bits per heavy atom. The summed E-state index contributed by atoms with van der Waals surface area (Å²) in [6.07, 6.45) is 0.855. The van der Waals surface area contributed by atoms with Crippen LogP contribution < -0.4 is 16.8 Å².